The zero-order valence-corrected chi connectivity index (χ0v) is 21.3. The summed E-state index contributed by atoms with van der Waals surface area (Å²) in [5.41, 5.74) is -0.295. The lowest BCUT2D eigenvalue weighted by Gasteiger charge is -2.32. The minimum atomic E-state index is -1.15. The average Bonchev–Trinajstić information content (AvgIpc) is 3.31. The molecule has 0 spiro atoms. The molecule has 1 aromatic carbocycles. The number of methoxy groups -OCH3 is 1. The van der Waals surface area contributed by atoms with E-state index in [0.29, 0.717) is 18.6 Å². The second kappa shape index (κ2) is 11.9. The van der Waals surface area contributed by atoms with Crippen LogP contribution in [-0.2, 0) is 32.1 Å². The van der Waals surface area contributed by atoms with Crippen molar-refractivity contribution in [2.45, 2.75) is 76.7 Å². The van der Waals surface area contributed by atoms with Gasteiger partial charge in [-0.05, 0) is 57.4 Å². The van der Waals surface area contributed by atoms with Crippen LogP contribution in [0.15, 0.2) is 48.8 Å². The molecular weight excluding hydrogens is 462 g/mol. The van der Waals surface area contributed by atoms with Gasteiger partial charge in [0, 0.05) is 24.4 Å². The van der Waals surface area contributed by atoms with Crippen LogP contribution in [0.2, 0.25) is 0 Å². The smallest absolute Gasteiger partial charge is 0.408 e. The Labute approximate surface area is 211 Å². The van der Waals surface area contributed by atoms with Crippen molar-refractivity contribution in [2.75, 3.05) is 7.11 Å². The molecule has 2 aromatic rings. The van der Waals surface area contributed by atoms with Gasteiger partial charge in [-0.15, -0.1) is 0 Å². The van der Waals surface area contributed by atoms with E-state index < -0.39 is 35.2 Å². The van der Waals surface area contributed by atoms with E-state index in [1.54, 1.807) is 64.5 Å². The van der Waals surface area contributed by atoms with E-state index in [9.17, 15) is 14.4 Å². The Hall–Kier alpha value is -3.62. The van der Waals surface area contributed by atoms with Gasteiger partial charge in [0.2, 0.25) is 5.91 Å². The van der Waals surface area contributed by atoms with Crippen LogP contribution in [0.25, 0.3) is 0 Å². The van der Waals surface area contributed by atoms with Crippen molar-refractivity contribution < 1.29 is 28.6 Å². The summed E-state index contributed by atoms with van der Waals surface area (Å²) in [5.74, 6) is -0.318. The zero-order valence-electron chi connectivity index (χ0n) is 21.3. The maximum Gasteiger partial charge on any atom is 0.408 e. The fraction of sp³-hybridized carbons (Fsp3) is 0.481. The second-order valence-corrected chi connectivity index (χ2v) is 9.96. The maximum atomic E-state index is 13.5. The number of nitrogens with zero attached hydrogens (tertiary/aromatic N) is 1. The third-order valence-corrected chi connectivity index (χ3v) is 5.92. The summed E-state index contributed by atoms with van der Waals surface area (Å²) in [6.07, 6.45) is 5.26. The quantitative estimate of drug-likeness (QED) is 0.508. The molecule has 0 radical (unpaired) electrons. The highest BCUT2D eigenvalue weighted by Crippen LogP contribution is 2.31. The van der Waals surface area contributed by atoms with Crippen LogP contribution < -0.4 is 15.4 Å². The number of hydrogen-bond acceptors (Lipinski definition) is 7. The molecule has 0 saturated heterocycles. The summed E-state index contributed by atoms with van der Waals surface area (Å²) in [6.45, 7) is 5.31. The molecule has 0 bridgehead atoms. The first-order chi connectivity index (χ1) is 17.1. The van der Waals surface area contributed by atoms with Gasteiger partial charge in [-0.1, -0.05) is 31.0 Å². The number of aromatic nitrogens is 1. The lowest BCUT2D eigenvalue weighted by molar-refractivity contribution is -0.149. The summed E-state index contributed by atoms with van der Waals surface area (Å²) < 4.78 is 16.1. The van der Waals surface area contributed by atoms with Crippen LogP contribution >= 0.6 is 0 Å². The Morgan fingerprint density at radius 1 is 1.06 bits per heavy atom. The first kappa shape index (κ1) is 27.0. The number of amides is 2. The van der Waals surface area contributed by atoms with E-state index in [1.807, 2.05) is 12.1 Å². The van der Waals surface area contributed by atoms with E-state index >= 15 is 0 Å². The fourth-order valence-corrected chi connectivity index (χ4v) is 4.11. The van der Waals surface area contributed by atoms with Crippen LogP contribution in [0, 0.1) is 0 Å². The molecule has 1 atom stereocenters. The van der Waals surface area contributed by atoms with Gasteiger partial charge in [0.05, 0.1) is 7.11 Å². The molecule has 36 heavy (non-hydrogen) atoms. The van der Waals surface area contributed by atoms with Gasteiger partial charge in [0.1, 0.15) is 29.5 Å². The second-order valence-electron chi connectivity index (χ2n) is 9.96. The molecule has 1 aromatic heterocycles. The summed E-state index contributed by atoms with van der Waals surface area (Å²) in [6, 6.07) is 9.84. The Morgan fingerprint density at radius 3 is 2.33 bits per heavy atom. The van der Waals surface area contributed by atoms with Crippen LogP contribution in [0.3, 0.4) is 0 Å². The van der Waals surface area contributed by atoms with Gasteiger partial charge in [0.15, 0.2) is 0 Å². The van der Waals surface area contributed by atoms with E-state index in [4.69, 9.17) is 14.2 Å². The van der Waals surface area contributed by atoms with Gasteiger partial charge in [0.25, 0.3) is 0 Å². The lowest BCUT2D eigenvalue weighted by atomic mass is 9.95. The predicted octanol–water partition coefficient (Wildman–Crippen LogP) is 3.70. The molecule has 1 fully saturated rings. The molecule has 2 amide bonds. The highest BCUT2D eigenvalue weighted by atomic mass is 16.6. The fourth-order valence-electron chi connectivity index (χ4n) is 4.11. The molecule has 9 nitrogen and oxygen atoms in total. The molecule has 1 heterocycles. The van der Waals surface area contributed by atoms with Crippen molar-refractivity contribution >= 4 is 18.0 Å². The molecule has 0 unspecified atom stereocenters. The first-order valence-corrected chi connectivity index (χ1v) is 12.1. The molecule has 1 aliphatic carbocycles. The Balaban J connectivity index is 1.76. The number of ether oxygens (including phenoxy) is 3. The number of esters is 1. The minimum absolute atomic E-state index is 0.0307. The largest absolute Gasteiger partial charge is 0.497 e. The molecule has 1 aliphatic rings. The van der Waals surface area contributed by atoms with Crippen LogP contribution in [-0.4, -0.2) is 47.2 Å². The molecule has 2 N–H and O–H groups in total. The van der Waals surface area contributed by atoms with Crippen molar-refractivity contribution in [1.29, 1.82) is 0 Å². The normalized spacial score (nSPS) is 15.4. The molecular formula is C27H35N3O6. The van der Waals surface area contributed by atoms with Gasteiger partial charge in [-0.3, -0.25) is 9.78 Å². The Morgan fingerprint density at radius 2 is 1.75 bits per heavy atom. The van der Waals surface area contributed by atoms with E-state index in [0.717, 1.165) is 24.0 Å². The molecule has 9 heteroatoms. The zero-order chi connectivity index (χ0) is 26.2. The number of carbonyl (C=O) groups is 3. The summed E-state index contributed by atoms with van der Waals surface area (Å²) in [4.78, 5) is 43.2. The standard InChI is InChI=1S/C27H35N3O6/c1-26(2,3)36-25(33)30-27(13-5-6-14-27)24(32)29-22(16-19-9-11-21(34-4)12-10-19)23(31)35-18-20-8-7-15-28-17-20/h7-12,15,17,22H,5-6,13-14,16,18H2,1-4H3,(H,29,32)(H,30,33)/t22-/m0/s1. The number of hydrogen-bond donors (Lipinski definition) is 2. The van der Waals surface area contributed by atoms with E-state index in [-0.39, 0.29) is 13.0 Å². The van der Waals surface area contributed by atoms with Gasteiger partial charge >= 0.3 is 12.1 Å². The number of pyridine rings is 1. The van der Waals surface area contributed by atoms with Crippen LogP contribution in [0.4, 0.5) is 4.79 Å². The highest BCUT2D eigenvalue weighted by Gasteiger charge is 2.44. The van der Waals surface area contributed by atoms with E-state index in [2.05, 4.69) is 15.6 Å². The molecule has 3 rings (SSSR count). The number of benzene rings is 1. The van der Waals surface area contributed by atoms with Crippen molar-refractivity contribution in [1.82, 2.24) is 15.6 Å². The molecule has 1 saturated carbocycles. The van der Waals surface area contributed by atoms with Gasteiger partial charge in [-0.25, -0.2) is 9.59 Å². The van der Waals surface area contributed by atoms with E-state index in [1.165, 1.54) is 0 Å². The lowest BCUT2D eigenvalue weighted by Crippen LogP contribution is -2.60. The van der Waals surface area contributed by atoms with Crippen molar-refractivity contribution in [3.63, 3.8) is 0 Å². The number of rotatable bonds is 9. The third-order valence-electron chi connectivity index (χ3n) is 5.92. The highest BCUT2D eigenvalue weighted by molar-refractivity contribution is 5.93. The predicted molar refractivity (Wildman–Crippen MR) is 133 cm³/mol. The van der Waals surface area contributed by atoms with Crippen LogP contribution in [0.1, 0.15) is 57.6 Å². The first-order valence-electron chi connectivity index (χ1n) is 12.1. The molecule has 0 aliphatic heterocycles. The van der Waals surface area contributed by atoms with Crippen molar-refractivity contribution in [3.05, 3.63) is 59.9 Å². The number of nitrogens with one attached hydrogen (secondary N) is 2. The topological polar surface area (TPSA) is 116 Å². The average molecular weight is 498 g/mol. The summed E-state index contributed by atoms with van der Waals surface area (Å²) in [5, 5.41) is 5.63. The SMILES string of the molecule is COc1ccc(C[C@H](NC(=O)C2(NC(=O)OC(C)(C)C)CCCC2)C(=O)OCc2cccnc2)cc1. The van der Waals surface area contributed by atoms with Crippen LogP contribution in [0.5, 0.6) is 5.75 Å². The van der Waals surface area contributed by atoms with Gasteiger partial charge in [-0.2, -0.15) is 0 Å². The summed E-state index contributed by atoms with van der Waals surface area (Å²) >= 11 is 0. The van der Waals surface area contributed by atoms with Crippen molar-refractivity contribution in [2.24, 2.45) is 0 Å². The van der Waals surface area contributed by atoms with Gasteiger partial charge < -0.3 is 24.8 Å². The monoisotopic (exact) mass is 497 g/mol. The number of alkyl carbamates (subject to hydrolysis) is 1. The third kappa shape index (κ3) is 7.69. The minimum Gasteiger partial charge on any atom is -0.497 e. The molecule has 194 valence electrons. The number of carbonyl (C=O) groups excluding carboxylic acids is 3. The Kier molecular flexibility index (Phi) is 8.90. The Bertz CT molecular complexity index is 1030. The summed E-state index contributed by atoms with van der Waals surface area (Å²) in [7, 11) is 1.58. The maximum absolute atomic E-state index is 13.5. The van der Waals surface area contributed by atoms with Crippen molar-refractivity contribution in [3.8, 4) is 5.75 Å².